The van der Waals surface area contributed by atoms with Gasteiger partial charge in [0, 0.05) is 0 Å². The summed E-state index contributed by atoms with van der Waals surface area (Å²) < 4.78 is 0. The largest absolute Gasteiger partial charge is 0.481 e. The first-order chi connectivity index (χ1) is 9.61. The molecule has 4 fully saturated rings. The average molecular weight is 276 g/mol. The number of fused-ring (bicyclic) bond motifs is 4. The van der Waals surface area contributed by atoms with Crippen LogP contribution in [0.5, 0.6) is 0 Å². The third-order valence-corrected chi connectivity index (χ3v) is 7.62. The smallest absolute Gasteiger partial charge is 0.307 e. The molecule has 4 aliphatic carbocycles. The lowest BCUT2D eigenvalue weighted by Gasteiger charge is -2.34. The van der Waals surface area contributed by atoms with Crippen LogP contribution in [-0.4, -0.2) is 11.1 Å². The quantitative estimate of drug-likeness (QED) is 0.795. The standard InChI is InChI=1S/C18H28O2/c19-16(20)15-10-14-4-9-18(15,12-14)6-1-5-17-7-2-13(11-17)3-8-17/h13-15H,1-12H2,(H,19,20). The van der Waals surface area contributed by atoms with Crippen molar-refractivity contribution >= 4 is 5.97 Å². The van der Waals surface area contributed by atoms with Crippen LogP contribution in [-0.2, 0) is 4.79 Å². The number of carboxylic acid groups (broad SMARTS) is 1. The molecule has 0 aromatic carbocycles. The van der Waals surface area contributed by atoms with E-state index < -0.39 is 5.97 Å². The molecule has 4 bridgehead atoms. The van der Waals surface area contributed by atoms with E-state index in [0.717, 1.165) is 18.3 Å². The number of hydrogen-bond donors (Lipinski definition) is 1. The molecule has 2 nitrogen and oxygen atoms in total. The zero-order valence-electron chi connectivity index (χ0n) is 12.6. The molecule has 0 aromatic heterocycles. The maximum Gasteiger partial charge on any atom is 0.307 e. The van der Waals surface area contributed by atoms with Gasteiger partial charge in [-0.3, -0.25) is 4.79 Å². The fraction of sp³-hybridized carbons (Fsp3) is 0.944. The maximum absolute atomic E-state index is 11.5. The van der Waals surface area contributed by atoms with Crippen molar-refractivity contribution in [3.63, 3.8) is 0 Å². The van der Waals surface area contributed by atoms with Crippen LogP contribution in [0.25, 0.3) is 0 Å². The molecule has 0 amide bonds. The fourth-order valence-corrected chi connectivity index (χ4v) is 6.61. The molecule has 2 heteroatoms. The first-order valence-corrected chi connectivity index (χ1v) is 8.84. The van der Waals surface area contributed by atoms with Crippen LogP contribution in [0.1, 0.15) is 77.0 Å². The van der Waals surface area contributed by atoms with E-state index in [2.05, 4.69) is 0 Å². The number of carbonyl (C=O) groups is 1. The van der Waals surface area contributed by atoms with E-state index in [9.17, 15) is 9.90 Å². The Kier molecular flexibility index (Phi) is 2.95. The fourth-order valence-electron chi connectivity index (χ4n) is 6.61. The highest BCUT2D eigenvalue weighted by Gasteiger charge is 2.54. The van der Waals surface area contributed by atoms with Gasteiger partial charge in [-0.2, -0.15) is 0 Å². The Morgan fingerprint density at radius 1 is 1.00 bits per heavy atom. The van der Waals surface area contributed by atoms with Crippen molar-refractivity contribution in [2.24, 2.45) is 28.6 Å². The predicted molar refractivity (Wildman–Crippen MR) is 78.4 cm³/mol. The summed E-state index contributed by atoms with van der Waals surface area (Å²) in [6, 6.07) is 0. The van der Waals surface area contributed by atoms with Crippen LogP contribution in [0.4, 0.5) is 0 Å². The van der Waals surface area contributed by atoms with Crippen molar-refractivity contribution < 1.29 is 9.90 Å². The van der Waals surface area contributed by atoms with E-state index in [1.165, 1.54) is 70.6 Å². The average Bonchev–Trinajstić information content (AvgIpc) is 3.16. The second kappa shape index (κ2) is 4.48. The van der Waals surface area contributed by atoms with Crippen molar-refractivity contribution in [1.29, 1.82) is 0 Å². The molecule has 4 saturated carbocycles. The van der Waals surface area contributed by atoms with Gasteiger partial charge < -0.3 is 5.11 Å². The Morgan fingerprint density at radius 3 is 2.35 bits per heavy atom. The summed E-state index contributed by atoms with van der Waals surface area (Å²) in [5, 5.41) is 9.51. The lowest BCUT2D eigenvalue weighted by molar-refractivity contribution is -0.146. The van der Waals surface area contributed by atoms with Crippen LogP contribution in [0.15, 0.2) is 0 Å². The molecule has 0 radical (unpaired) electrons. The summed E-state index contributed by atoms with van der Waals surface area (Å²) >= 11 is 0. The molecule has 3 unspecified atom stereocenters. The third kappa shape index (κ3) is 1.94. The zero-order chi connectivity index (χ0) is 13.8. The summed E-state index contributed by atoms with van der Waals surface area (Å²) in [5.74, 6) is 1.25. The molecule has 1 N–H and O–H groups in total. The number of carboxylic acids is 1. The van der Waals surface area contributed by atoms with Crippen LogP contribution in [0.3, 0.4) is 0 Å². The minimum Gasteiger partial charge on any atom is -0.481 e. The van der Waals surface area contributed by atoms with E-state index >= 15 is 0 Å². The SMILES string of the molecule is O=C(O)C1CC2CCC1(CCCC13CCC(CC1)C3)C2. The van der Waals surface area contributed by atoms with Gasteiger partial charge in [0.15, 0.2) is 0 Å². The van der Waals surface area contributed by atoms with Crippen molar-refractivity contribution in [3.05, 3.63) is 0 Å². The number of hydrogen-bond acceptors (Lipinski definition) is 1. The van der Waals surface area contributed by atoms with Gasteiger partial charge in [-0.1, -0.05) is 6.42 Å². The molecule has 0 aromatic rings. The van der Waals surface area contributed by atoms with E-state index in [1.807, 2.05) is 0 Å². The zero-order valence-corrected chi connectivity index (χ0v) is 12.6. The van der Waals surface area contributed by atoms with Gasteiger partial charge in [-0.05, 0) is 93.3 Å². The maximum atomic E-state index is 11.5. The molecular weight excluding hydrogens is 248 g/mol. The molecule has 0 aliphatic heterocycles. The normalized spacial score (nSPS) is 49.1. The highest BCUT2D eigenvalue weighted by atomic mass is 16.4. The van der Waals surface area contributed by atoms with Crippen molar-refractivity contribution in [3.8, 4) is 0 Å². The molecule has 0 spiro atoms. The Balaban J connectivity index is 1.38. The van der Waals surface area contributed by atoms with E-state index in [-0.39, 0.29) is 11.3 Å². The highest BCUT2D eigenvalue weighted by molar-refractivity contribution is 5.72. The van der Waals surface area contributed by atoms with Crippen LogP contribution in [0.2, 0.25) is 0 Å². The van der Waals surface area contributed by atoms with Gasteiger partial charge in [0.2, 0.25) is 0 Å². The summed E-state index contributed by atoms with van der Waals surface area (Å²) in [6.45, 7) is 0. The Morgan fingerprint density at radius 2 is 1.75 bits per heavy atom. The minimum absolute atomic E-state index is 0.0151. The van der Waals surface area contributed by atoms with E-state index in [4.69, 9.17) is 0 Å². The van der Waals surface area contributed by atoms with Crippen LogP contribution >= 0.6 is 0 Å². The molecule has 112 valence electrons. The first kappa shape index (κ1) is 13.2. The van der Waals surface area contributed by atoms with Gasteiger partial charge in [0.25, 0.3) is 0 Å². The second-order valence-electron chi connectivity index (χ2n) is 8.60. The minimum atomic E-state index is -0.507. The molecule has 0 saturated heterocycles. The highest BCUT2D eigenvalue weighted by Crippen LogP contribution is 2.61. The molecule has 3 atom stereocenters. The summed E-state index contributed by atoms with van der Waals surface area (Å²) in [7, 11) is 0. The summed E-state index contributed by atoms with van der Waals surface area (Å²) in [4.78, 5) is 11.5. The lowest BCUT2D eigenvalue weighted by Crippen LogP contribution is -2.32. The molecular formula is C18H28O2. The van der Waals surface area contributed by atoms with Crippen LogP contribution in [0, 0.1) is 28.6 Å². The summed E-state index contributed by atoms with van der Waals surface area (Å²) in [6.07, 6.45) is 16.0. The summed E-state index contributed by atoms with van der Waals surface area (Å²) in [5.41, 5.74) is 0.889. The van der Waals surface area contributed by atoms with E-state index in [0.29, 0.717) is 5.41 Å². The first-order valence-electron chi connectivity index (χ1n) is 8.84. The van der Waals surface area contributed by atoms with Gasteiger partial charge >= 0.3 is 5.97 Å². The monoisotopic (exact) mass is 276 g/mol. The van der Waals surface area contributed by atoms with Crippen molar-refractivity contribution in [1.82, 2.24) is 0 Å². The van der Waals surface area contributed by atoms with Crippen molar-refractivity contribution in [2.45, 2.75) is 77.0 Å². The Bertz CT molecular complexity index is 408. The molecule has 4 aliphatic rings. The van der Waals surface area contributed by atoms with Gasteiger partial charge in [-0.25, -0.2) is 0 Å². The van der Waals surface area contributed by atoms with Gasteiger partial charge in [0.1, 0.15) is 0 Å². The predicted octanol–water partition coefficient (Wildman–Crippen LogP) is 4.63. The lowest BCUT2D eigenvalue weighted by atomic mass is 9.70. The van der Waals surface area contributed by atoms with E-state index in [1.54, 1.807) is 0 Å². The number of aliphatic carboxylic acids is 1. The molecule has 0 heterocycles. The van der Waals surface area contributed by atoms with Gasteiger partial charge in [0.05, 0.1) is 5.92 Å². The van der Waals surface area contributed by atoms with Crippen molar-refractivity contribution in [2.75, 3.05) is 0 Å². The van der Waals surface area contributed by atoms with Gasteiger partial charge in [-0.15, -0.1) is 0 Å². The molecule has 4 rings (SSSR count). The second-order valence-corrected chi connectivity index (χ2v) is 8.60. The third-order valence-electron chi connectivity index (χ3n) is 7.62. The Hall–Kier alpha value is -0.530. The van der Waals surface area contributed by atoms with Crippen LogP contribution < -0.4 is 0 Å². The number of rotatable bonds is 5. The Labute approximate surface area is 122 Å². The topological polar surface area (TPSA) is 37.3 Å². The molecule has 20 heavy (non-hydrogen) atoms.